The number of hydrogen-bond donors (Lipinski definition) is 0. The number of esters is 1. The summed E-state index contributed by atoms with van der Waals surface area (Å²) in [7, 11) is 0. The molecule has 1 heterocycles. The molecule has 3 rings (SSSR count). The summed E-state index contributed by atoms with van der Waals surface area (Å²) in [6.07, 6.45) is 1.67. The first-order chi connectivity index (χ1) is 10.1. The van der Waals surface area contributed by atoms with Gasteiger partial charge in [0.1, 0.15) is 5.82 Å². The lowest BCUT2D eigenvalue weighted by molar-refractivity contribution is -0.129. The van der Waals surface area contributed by atoms with Crippen molar-refractivity contribution < 1.29 is 13.9 Å². The van der Waals surface area contributed by atoms with Gasteiger partial charge in [0.25, 0.3) is 0 Å². The first-order valence-corrected chi connectivity index (χ1v) is 6.47. The number of halogens is 1. The molecule has 0 aliphatic carbocycles. The number of rotatable bonds is 2. The van der Waals surface area contributed by atoms with Crippen molar-refractivity contribution >= 4 is 17.9 Å². The topological polar surface area (TPSA) is 38.7 Å². The van der Waals surface area contributed by atoms with Crippen LogP contribution in [0.25, 0.3) is 6.08 Å². The zero-order chi connectivity index (χ0) is 14.8. The Morgan fingerprint density at radius 2 is 1.95 bits per heavy atom. The van der Waals surface area contributed by atoms with Gasteiger partial charge in [0.05, 0.1) is 0 Å². The summed E-state index contributed by atoms with van der Waals surface area (Å²) in [5.41, 5.74) is 2.58. The van der Waals surface area contributed by atoms with Crippen LogP contribution in [0.4, 0.5) is 4.39 Å². The van der Waals surface area contributed by atoms with Crippen molar-refractivity contribution in [2.75, 3.05) is 0 Å². The molecule has 104 valence electrons. The van der Waals surface area contributed by atoms with Gasteiger partial charge in [-0.1, -0.05) is 30.3 Å². The lowest BCUT2D eigenvalue weighted by Gasteiger charge is -1.98. The van der Waals surface area contributed by atoms with Crippen molar-refractivity contribution in [1.29, 1.82) is 0 Å². The number of benzene rings is 2. The van der Waals surface area contributed by atoms with Crippen LogP contribution in [0.5, 0.6) is 0 Å². The van der Waals surface area contributed by atoms with Gasteiger partial charge in [0, 0.05) is 5.56 Å². The molecule has 0 unspecified atom stereocenters. The van der Waals surface area contributed by atoms with Gasteiger partial charge in [-0.2, -0.15) is 0 Å². The van der Waals surface area contributed by atoms with Crippen molar-refractivity contribution in [2.45, 2.75) is 6.92 Å². The Labute approximate surface area is 121 Å². The van der Waals surface area contributed by atoms with Crippen LogP contribution >= 0.6 is 0 Å². The van der Waals surface area contributed by atoms with Crippen LogP contribution in [0.2, 0.25) is 0 Å². The highest BCUT2D eigenvalue weighted by atomic mass is 19.1. The summed E-state index contributed by atoms with van der Waals surface area (Å²) in [6, 6.07) is 13.4. The smallest absolute Gasteiger partial charge is 0.363 e. The summed E-state index contributed by atoms with van der Waals surface area (Å²) < 4.78 is 18.3. The predicted molar refractivity (Wildman–Crippen MR) is 78.2 cm³/mol. The minimum Gasteiger partial charge on any atom is -0.402 e. The lowest BCUT2D eigenvalue weighted by Crippen LogP contribution is -2.05. The number of nitrogens with zero attached hydrogens (tertiary/aromatic N) is 1. The van der Waals surface area contributed by atoms with Crippen molar-refractivity contribution in [3.8, 4) is 0 Å². The number of cyclic esters (lactones) is 1. The average molecular weight is 281 g/mol. The molecule has 2 aromatic carbocycles. The number of aliphatic imine (C=N–C) groups is 1. The Kier molecular flexibility index (Phi) is 3.36. The molecule has 0 aromatic heterocycles. The molecule has 2 aromatic rings. The molecular formula is C17H12FNO2. The highest BCUT2D eigenvalue weighted by Gasteiger charge is 2.24. The lowest BCUT2D eigenvalue weighted by atomic mass is 10.1. The van der Waals surface area contributed by atoms with Crippen LogP contribution in [-0.4, -0.2) is 11.9 Å². The minimum absolute atomic E-state index is 0.124. The third-order valence-corrected chi connectivity index (χ3v) is 3.17. The molecule has 0 fully saturated rings. The second-order valence-electron chi connectivity index (χ2n) is 4.70. The molecule has 1 aliphatic heterocycles. The van der Waals surface area contributed by atoms with Crippen LogP contribution in [-0.2, 0) is 9.53 Å². The van der Waals surface area contributed by atoms with E-state index in [0.717, 1.165) is 11.1 Å². The number of aryl methyl sites for hydroxylation is 1. The Morgan fingerprint density at radius 3 is 2.71 bits per heavy atom. The zero-order valence-corrected chi connectivity index (χ0v) is 11.3. The van der Waals surface area contributed by atoms with Crippen LogP contribution in [0.15, 0.2) is 59.2 Å². The van der Waals surface area contributed by atoms with Crippen molar-refractivity contribution in [1.82, 2.24) is 0 Å². The van der Waals surface area contributed by atoms with E-state index in [1.807, 2.05) is 31.2 Å². The van der Waals surface area contributed by atoms with Crippen molar-refractivity contribution in [3.63, 3.8) is 0 Å². The van der Waals surface area contributed by atoms with E-state index in [4.69, 9.17) is 4.74 Å². The molecule has 1 aliphatic rings. The number of hydrogen-bond acceptors (Lipinski definition) is 3. The SMILES string of the molecule is Cc1ccccc1/C=C1\N=C(c2cccc(F)c2)OC1=O. The largest absolute Gasteiger partial charge is 0.402 e. The van der Waals surface area contributed by atoms with Gasteiger partial charge in [-0.3, -0.25) is 0 Å². The summed E-state index contributed by atoms with van der Waals surface area (Å²) in [5, 5.41) is 0. The molecular weight excluding hydrogens is 269 g/mol. The van der Waals surface area contributed by atoms with E-state index in [1.54, 1.807) is 18.2 Å². The zero-order valence-electron chi connectivity index (χ0n) is 11.3. The van der Waals surface area contributed by atoms with E-state index in [2.05, 4.69) is 4.99 Å². The third kappa shape index (κ3) is 2.74. The molecule has 21 heavy (non-hydrogen) atoms. The quantitative estimate of drug-likeness (QED) is 0.624. The molecule has 0 N–H and O–H groups in total. The molecule has 0 bridgehead atoms. The van der Waals surface area contributed by atoms with Gasteiger partial charge in [0.15, 0.2) is 5.70 Å². The van der Waals surface area contributed by atoms with Gasteiger partial charge in [-0.25, -0.2) is 14.2 Å². The van der Waals surface area contributed by atoms with E-state index < -0.39 is 11.8 Å². The maximum Gasteiger partial charge on any atom is 0.363 e. The monoisotopic (exact) mass is 281 g/mol. The number of carbonyl (C=O) groups is 1. The Hall–Kier alpha value is -2.75. The molecule has 0 spiro atoms. The molecule has 3 nitrogen and oxygen atoms in total. The fourth-order valence-electron chi connectivity index (χ4n) is 2.05. The van der Waals surface area contributed by atoms with Crippen LogP contribution in [0, 0.1) is 12.7 Å². The minimum atomic E-state index is -0.530. The molecule has 0 saturated heterocycles. The summed E-state index contributed by atoms with van der Waals surface area (Å²) in [5.74, 6) is -0.806. The van der Waals surface area contributed by atoms with Gasteiger partial charge in [-0.05, 0) is 42.3 Å². The summed E-state index contributed by atoms with van der Waals surface area (Å²) in [4.78, 5) is 16.0. The Balaban J connectivity index is 1.98. The fourth-order valence-corrected chi connectivity index (χ4v) is 2.05. The van der Waals surface area contributed by atoms with E-state index in [0.29, 0.717) is 5.56 Å². The molecule has 0 saturated carbocycles. The standard InChI is InChI=1S/C17H12FNO2/c1-11-5-2-3-6-12(11)10-15-17(20)21-16(19-15)13-7-4-8-14(18)9-13/h2-10H,1H3/b15-10-. The maximum atomic E-state index is 13.2. The normalized spacial score (nSPS) is 16.0. The van der Waals surface area contributed by atoms with Crippen LogP contribution in [0.1, 0.15) is 16.7 Å². The first-order valence-electron chi connectivity index (χ1n) is 6.47. The fraction of sp³-hybridized carbons (Fsp3) is 0.0588. The third-order valence-electron chi connectivity index (χ3n) is 3.17. The van der Waals surface area contributed by atoms with Crippen molar-refractivity contribution in [2.24, 2.45) is 4.99 Å². The van der Waals surface area contributed by atoms with Crippen LogP contribution in [0.3, 0.4) is 0 Å². The molecule has 0 atom stereocenters. The van der Waals surface area contributed by atoms with Crippen molar-refractivity contribution in [3.05, 3.63) is 76.7 Å². The van der Waals surface area contributed by atoms with E-state index in [9.17, 15) is 9.18 Å². The number of ether oxygens (including phenoxy) is 1. The Bertz CT molecular complexity index is 778. The first kappa shape index (κ1) is 13.2. The van der Waals surface area contributed by atoms with Gasteiger partial charge >= 0.3 is 5.97 Å². The second kappa shape index (κ2) is 5.32. The van der Waals surface area contributed by atoms with Gasteiger partial charge in [0.2, 0.25) is 5.90 Å². The molecule has 0 amide bonds. The average Bonchev–Trinajstić information content (AvgIpc) is 2.83. The van der Waals surface area contributed by atoms with E-state index >= 15 is 0 Å². The highest BCUT2D eigenvalue weighted by molar-refractivity contribution is 6.12. The molecule has 4 heteroatoms. The second-order valence-corrected chi connectivity index (χ2v) is 4.70. The highest BCUT2D eigenvalue weighted by Crippen LogP contribution is 2.20. The van der Waals surface area contributed by atoms with E-state index in [1.165, 1.54) is 12.1 Å². The van der Waals surface area contributed by atoms with Gasteiger partial charge < -0.3 is 4.74 Å². The molecule has 0 radical (unpaired) electrons. The van der Waals surface area contributed by atoms with Crippen LogP contribution < -0.4 is 0 Å². The summed E-state index contributed by atoms with van der Waals surface area (Å²) in [6.45, 7) is 1.95. The predicted octanol–water partition coefficient (Wildman–Crippen LogP) is 3.48. The number of carbonyl (C=O) groups excluding carboxylic acids is 1. The van der Waals surface area contributed by atoms with Gasteiger partial charge in [-0.15, -0.1) is 0 Å². The maximum absolute atomic E-state index is 13.2. The Morgan fingerprint density at radius 1 is 1.14 bits per heavy atom. The summed E-state index contributed by atoms with van der Waals surface area (Å²) >= 11 is 0. The van der Waals surface area contributed by atoms with E-state index in [-0.39, 0.29) is 11.6 Å².